The summed E-state index contributed by atoms with van der Waals surface area (Å²) in [5.74, 6) is 2.00. The van der Waals surface area contributed by atoms with Gasteiger partial charge in [0.2, 0.25) is 0 Å². The van der Waals surface area contributed by atoms with Crippen LogP contribution in [0.3, 0.4) is 0 Å². The molecule has 0 atom stereocenters. The number of carbonyl (C=O) groups is 1. The molecule has 0 bridgehead atoms. The summed E-state index contributed by atoms with van der Waals surface area (Å²) in [6.07, 6.45) is 0. The Hall–Kier alpha value is -3.27. The van der Waals surface area contributed by atoms with E-state index in [0.29, 0.717) is 17.1 Å². The summed E-state index contributed by atoms with van der Waals surface area (Å²) in [5, 5.41) is 2.91. The van der Waals surface area contributed by atoms with Crippen LogP contribution in [0.5, 0.6) is 17.2 Å². The molecule has 0 heterocycles. The first-order valence-corrected chi connectivity index (χ1v) is 7.94. The molecule has 3 rings (SSSR count). The highest BCUT2D eigenvalue weighted by molar-refractivity contribution is 6.04. The zero-order valence-electron chi connectivity index (χ0n) is 14.2. The number of hydrogen-bond donors (Lipinski definition) is 1. The summed E-state index contributed by atoms with van der Waals surface area (Å²) in [5.41, 5.74) is 2.41. The number of aryl methyl sites for hydroxylation is 1. The van der Waals surface area contributed by atoms with Gasteiger partial charge in [-0.05, 0) is 67.1 Å². The minimum absolute atomic E-state index is 0.148. The van der Waals surface area contributed by atoms with Gasteiger partial charge in [-0.3, -0.25) is 4.79 Å². The third kappa shape index (κ3) is 4.18. The number of methoxy groups -OCH3 is 1. The molecule has 0 aliphatic carbocycles. The van der Waals surface area contributed by atoms with Crippen molar-refractivity contribution in [2.45, 2.75) is 6.92 Å². The Labute approximate surface area is 147 Å². The second kappa shape index (κ2) is 7.53. The summed E-state index contributed by atoms with van der Waals surface area (Å²) in [4.78, 5) is 12.3. The standard InChI is InChI=1S/C21H19NO3/c1-15-5-3-4-6-20(15)22-21(23)16-7-9-18(10-8-16)25-19-13-11-17(24-2)12-14-19/h3-14H,1-2H3,(H,22,23). The third-order valence-electron chi connectivity index (χ3n) is 3.80. The molecule has 4 nitrogen and oxygen atoms in total. The predicted octanol–water partition coefficient (Wildman–Crippen LogP) is 5.05. The molecule has 126 valence electrons. The van der Waals surface area contributed by atoms with Crippen LogP contribution in [0.25, 0.3) is 0 Å². The van der Waals surface area contributed by atoms with Crippen molar-refractivity contribution in [1.82, 2.24) is 0 Å². The van der Waals surface area contributed by atoms with E-state index in [9.17, 15) is 4.79 Å². The molecule has 3 aromatic carbocycles. The molecule has 0 spiro atoms. The first-order valence-electron chi connectivity index (χ1n) is 7.94. The second-order valence-corrected chi connectivity index (χ2v) is 5.57. The maximum Gasteiger partial charge on any atom is 0.255 e. The highest BCUT2D eigenvalue weighted by atomic mass is 16.5. The second-order valence-electron chi connectivity index (χ2n) is 5.57. The Balaban J connectivity index is 1.67. The summed E-state index contributed by atoms with van der Waals surface area (Å²) in [7, 11) is 1.62. The van der Waals surface area contributed by atoms with Crippen LogP contribution in [-0.2, 0) is 0 Å². The fraction of sp³-hybridized carbons (Fsp3) is 0.0952. The number of carbonyl (C=O) groups excluding carboxylic acids is 1. The van der Waals surface area contributed by atoms with Crippen molar-refractivity contribution >= 4 is 11.6 Å². The van der Waals surface area contributed by atoms with Crippen molar-refractivity contribution < 1.29 is 14.3 Å². The van der Waals surface area contributed by atoms with E-state index in [-0.39, 0.29) is 5.91 Å². The Bertz CT molecular complexity index is 855. The molecule has 0 radical (unpaired) electrons. The van der Waals surface area contributed by atoms with Crippen LogP contribution < -0.4 is 14.8 Å². The SMILES string of the molecule is COc1ccc(Oc2ccc(C(=O)Nc3ccccc3C)cc2)cc1. The lowest BCUT2D eigenvalue weighted by atomic mass is 10.1. The number of ether oxygens (including phenoxy) is 2. The Kier molecular flexibility index (Phi) is 5.00. The zero-order valence-corrected chi connectivity index (χ0v) is 14.2. The van der Waals surface area contributed by atoms with Crippen molar-refractivity contribution in [2.24, 2.45) is 0 Å². The topological polar surface area (TPSA) is 47.6 Å². The van der Waals surface area contributed by atoms with E-state index in [2.05, 4.69) is 5.32 Å². The quantitative estimate of drug-likeness (QED) is 0.711. The van der Waals surface area contributed by atoms with Crippen LogP contribution in [0.1, 0.15) is 15.9 Å². The van der Waals surface area contributed by atoms with E-state index < -0.39 is 0 Å². The van der Waals surface area contributed by atoms with Crippen molar-refractivity contribution in [3.8, 4) is 17.2 Å². The molecule has 0 fully saturated rings. The average Bonchev–Trinajstić information content (AvgIpc) is 2.65. The van der Waals surface area contributed by atoms with Gasteiger partial charge in [-0.2, -0.15) is 0 Å². The van der Waals surface area contributed by atoms with Crippen LogP contribution in [0.15, 0.2) is 72.8 Å². The Morgan fingerprint density at radius 1 is 0.800 bits per heavy atom. The van der Waals surface area contributed by atoms with Gasteiger partial charge in [0.05, 0.1) is 7.11 Å². The lowest BCUT2D eigenvalue weighted by Gasteiger charge is -2.09. The fourth-order valence-corrected chi connectivity index (χ4v) is 2.36. The fourth-order valence-electron chi connectivity index (χ4n) is 2.36. The minimum Gasteiger partial charge on any atom is -0.497 e. The Morgan fingerprint density at radius 3 is 1.96 bits per heavy atom. The van der Waals surface area contributed by atoms with E-state index in [1.165, 1.54) is 0 Å². The van der Waals surface area contributed by atoms with Gasteiger partial charge in [0.1, 0.15) is 17.2 Å². The molecule has 0 aromatic heterocycles. The van der Waals surface area contributed by atoms with Crippen LogP contribution in [0.2, 0.25) is 0 Å². The monoisotopic (exact) mass is 333 g/mol. The van der Waals surface area contributed by atoms with Gasteiger partial charge in [0.25, 0.3) is 5.91 Å². The predicted molar refractivity (Wildman–Crippen MR) is 98.6 cm³/mol. The van der Waals surface area contributed by atoms with Crippen LogP contribution in [-0.4, -0.2) is 13.0 Å². The lowest BCUT2D eigenvalue weighted by molar-refractivity contribution is 0.102. The van der Waals surface area contributed by atoms with Gasteiger partial charge in [-0.1, -0.05) is 18.2 Å². The van der Waals surface area contributed by atoms with Crippen molar-refractivity contribution in [3.05, 3.63) is 83.9 Å². The molecule has 0 unspecified atom stereocenters. The largest absolute Gasteiger partial charge is 0.497 e. The molecular formula is C21H19NO3. The molecule has 3 aromatic rings. The molecule has 1 amide bonds. The van der Waals surface area contributed by atoms with Crippen LogP contribution in [0.4, 0.5) is 5.69 Å². The molecule has 1 N–H and O–H groups in total. The maximum absolute atomic E-state index is 12.3. The van der Waals surface area contributed by atoms with Gasteiger partial charge < -0.3 is 14.8 Å². The number of amides is 1. The number of hydrogen-bond acceptors (Lipinski definition) is 3. The summed E-state index contributed by atoms with van der Waals surface area (Å²) < 4.78 is 10.9. The summed E-state index contributed by atoms with van der Waals surface area (Å²) in [6.45, 7) is 1.96. The number of rotatable bonds is 5. The van der Waals surface area contributed by atoms with Crippen molar-refractivity contribution in [2.75, 3.05) is 12.4 Å². The van der Waals surface area contributed by atoms with E-state index in [0.717, 1.165) is 17.0 Å². The lowest BCUT2D eigenvalue weighted by Crippen LogP contribution is -2.12. The van der Waals surface area contributed by atoms with E-state index in [1.54, 1.807) is 31.4 Å². The molecule has 0 aliphatic rings. The van der Waals surface area contributed by atoms with Crippen LogP contribution in [0, 0.1) is 6.92 Å². The average molecular weight is 333 g/mol. The van der Waals surface area contributed by atoms with E-state index in [4.69, 9.17) is 9.47 Å². The minimum atomic E-state index is -0.148. The first-order chi connectivity index (χ1) is 12.2. The number of benzene rings is 3. The van der Waals surface area contributed by atoms with Gasteiger partial charge in [-0.15, -0.1) is 0 Å². The Morgan fingerprint density at radius 2 is 1.36 bits per heavy atom. The molecule has 4 heteroatoms. The molecule has 25 heavy (non-hydrogen) atoms. The van der Waals surface area contributed by atoms with Gasteiger partial charge in [-0.25, -0.2) is 0 Å². The number of para-hydroxylation sites is 1. The molecule has 0 saturated heterocycles. The normalized spacial score (nSPS) is 10.2. The smallest absolute Gasteiger partial charge is 0.255 e. The zero-order chi connectivity index (χ0) is 17.6. The number of anilines is 1. The summed E-state index contributed by atoms with van der Waals surface area (Å²) >= 11 is 0. The highest BCUT2D eigenvalue weighted by Crippen LogP contribution is 2.24. The van der Waals surface area contributed by atoms with Gasteiger partial charge >= 0.3 is 0 Å². The summed E-state index contributed by atoms with van der Waals surface area (Å²) in [6, 6.07) is 22.0. The van der Waals surface area contributed by atoms with Crippen molar-refractivity contribution in [3.63, 3.8) is 0 Å². The van der Waals surface area contributed by atoms with Gasteiger partial charge in [0, 0.05) is 11.3 Å². The molecule has 0 aliphatic heterocycles. The van der Waals surface area contributed by atoms with Crippen molar-refractivity contribution in [1.29, 1.82) is 0 Å². The number of nitrogens with one attached hydrogen (secondary N) is 1. The highest BCUT2D eigenvalue weighted by Gasteiger charge is 2.08. The van der Waals surface area contributed by atoms with E-state index >= 15 is 0 Å². The maximum atomic E-state index is 12.3. The van der Waals surface area contributed by atoms with Gasteiger partial charge in [0.15, 0.2) is 0 Å². The molecular weight excluding hydrogens is 314 g/mol. The first kappa shape index (κ1) is 16.6. The molecule has 0 saturated carbocycles. The van der Waals surface area contributed by atoms with E-state index in [1.807, 2.05) is 55.5 Å². The van der Waals surface area contributed by atoms with Crippen LogP contribution >= 0.6 is 0 Å². The third-order valence-corrected chi connectivity index (χ3v) is 3.80.